The highest BCUT2D eigenvalue weighted by Gasteiger charge is 1.99. The molecule has 0 spiro atoms. The van der Waals surface area contributed by atoms with Crippen molar-refractivity contribution < 1.29 is 4.42 Å². The van der Waals surface area contributed by atoms with E-state index in [9.17, 15) is 0 Å². The van der Waals surface area contributed by atoms with Crippen LogP contribution >= 0.6 is 24.0 Å². The molecule has 0 atom stereocenters. The Labute approximate surface area is 141 Å². The molecule has 2 N–H and O–H groups in total. The number of hydrogen-bond donors (Lipinski definition) is 2. The molecule has 5 heteroatoms. The van der Waals surface area contributed by atoms with E-state index in [1.54, 1.807) is 6.26 Å². The third kappa shape index (κ3) is 6.12. The Morgan fingerprint density at radius 1 is 1.23 bits per heavy atom. The van der Waals surface area contributed by atoms with Crippen molar-refractivity contribution in [3.05, 3.63) is 54.0 Å². The average Bonchev–Trinajstić information content (AvgIpc) is 3.05. The van der Waals surface area contributed by atoms with Crippen molar-refractivity contribution in [3.8, 4) is 0 Å². The first-order chi connectivity index (χ1) is 10.8. The lowest BCUT2D eigenvalue weighted by molar-refractivity contribution is 0.530. The third-order valence-electron chi connectivity index (χ3n) is 3.20. The van der Waals surface area contributed by atoms with Gasteiger partial charge in [-0.05, 0) is 60.6 Å². The average molecular weight is 335 g/mol. The zero-order valence-corrected chi connectivity index (χ0v) is 14.4. The van der Waals surface area contributed by atoms with E-state index < -0.39 is 0 Å². The standard InChI is InChI=1S/C17H22N2OS2/c1-2-14-6-8-15(9-7-14)19-17(21)18-10-4-12-22-13-16-5-3-11-20-16/h3,5-9,11H,2,4,10,12-13H2,1H3,(H2,18,19,21). The molecule has 2 aromatic rings. The number of anilines is 1. The number of nitrogens with one attached hydrogen (secondary N) is 2. The van der Waals surface area contributed by atoms with Crippen LogP contribution in [0.1, 0.15) is 24.7 Å². The second-order valence-corrected chi connectivity index (χ2v) is 6.43. The fourth-order valence-electron chi connectivity index (χ4n) is 1.94. The first-order valence-corrected chi connectivity index (χ1v) is 9.08. The molecular formula is C17H22N2OS2. The maximum Gasteiger partial charge on any atom is 0.170 e. The second-order valence-electron chi connectivity index (χ2n) is 4.92. The van der Waals surface area contributed by atoms with Crippen LogP contribution in [0.2, 0.25) is 0 Å². The van der Waals surface area contributed by atoms with E-state index in [-0.39, 0.29) is 0 Å². The summed E-state index contributed by atoms with van der Waals surface area (Å²) in [6, 6.07) is 12.3. The van der Waals surface area contributed by atoms with E-state index in [0.717, 1.165) is 42.3 Å². The minimum atomic E-state index is 0.681. The van der Waals surface area contributed by atoms with Gasteiger partial charge in [0.2, 0.25) is 0 Å². The lowest BCUT2D eigenvalue weighted by Gasteiger charge is -2.10. The summed E-state index contributed by atoms with van der Waals surface area (Å²) in [7, 11) is 0. The van der Waals surface area contributed by atoms with E-state index >= 15 is 0 Å². The minimum absolute atomic E-state index is 0.681. The molecule has 1 aromatic carbocycles. The quantitative estimate of drug-likeness (QED) is 0.551. The van der Waals surface area contributed by atoms with Crippen molar-refractivity contribution >= 4 is 34.8 Å². The first-order valence-electron chi connectivity index (χ1n) is 7.52. The molecule has 0 bridgehead atoms. The summed E-state index contributed by atoms with van der Waals surface area (Å²) in [6.45, 7) is 3.03. The highest BCUT2D eigenvalue weighted by Crippen LogP contribution is 2.13. The Morgan fingerprint density at radius 3 is 2.73 bits per heavy atom. The summed E-state index contributed by atoms with van der Waals surface area (Å²) >= 11 is 7.17. The summed E-state index contributed by atoms with van der Waals surface area (Å²) in [4.78, 5) is 0. The summed E-state index contributed by atoms with van der Waals surface area (Å²) in [5, 5.41) is 7.12. The smallest absolute Gasteiger partial charge is 0.170 e. The molecular weight excluding hydrogens is 312 g/mol. The van der Waals surface area contributed by atoms with Gasteiger partial charge in [-0.3, -0.25) is 0 Å². The van der Waals surface area contributed by atoms with Crippen molar-refractivity contribution in [2.75, 3.05) is 17.6 Å². The molecule has 2 rings (SSSR count). The van der Waals surface area contributed by atoms with Crippen LogP contribution in [0.3, 0.4) is 0 Å². The molecule has 1 aromatic heterocycles. The highest BCUT2D eigenvalue weighted by molar-refractivity contribution is 7.98. The second kappa shape index (κ2) is 9.54. The van der Waals surface area contributed by atoms with Crippen molar-refractivity contribution in [1.82, 2.24) is 5.32 Å². The van der Waals surface area contributed by atoms with Crippen LogP contribution in [0.25, 0.3) is 0 Å². The Morgan fingerprint density at radius 2 is 2.05 bits per heavy atom. The monoisotopic (exact) mass is 334 g/mol. The SMILES string of the molecule is CCc1ccc(NC(=S)NCCCSCc2ccco2)cc1. The largest absolute Gasteiger partial charge is 0.468 e. The topological polar surface area (TPSA) is 37.2 Å². The van der Waals surface area contributed by atoms with Crippen LogP contribution in [-0.2, 0) is 12.2 Å². The number of thioether (sulfide) groups is 1. The Balaban J connectivity index is 1.55. The molecule has 0 radical (unpaired) electrons. The summed E-state index contributed by atoms with van der Waals surface area (Å²) in [6.07, 6.45) is 3.84. The van der Waals surface area contributed by atoms with Gasteiger partial charge in [0, 0.05) is 12.2 Å². The van der Waals surface area contributed by atoms with E-state index in [1.807, 2.05) is 23.9 Å². The number of aryl methyl sites for hydroxylation is 1. The Hall–Kier alpha value is -1.46. The molecule has 0 aliphatic carbocycles. The molecule has 0 aliphatic rings. The molecule has 0 saturated heterocycles. The molecule has 0 fully saturated rings. The highest BCUT2D eigenvalue weighted by atomic mass is 32.2. The van der Waals surface area contributed by atoms with Crippen LogP contribution in [0.15, 0.2) is 47.1 Å². The first kappa shape index (κ1) is 16.9. The van der Waals surface area contributed by atoms with Gasteiger partial charge in [0.1, 0.15) is 5.76 Å². The molecule has 3 nitrogen and oxygen atoms in total. The normalized spacial score (nSPS) is 10.4. The van der Waals surface area contributed by atoms with Crippen LogP contribution in [0, 0.1) is 0 Å². The molecule has 0 saturated carbocycles. The fraction of sp³-hybridized carbons (Fsp3) is 0.353. The fourth-order valence-corrected chi connectivity index (χ4v) is 3.02. The minimum Gasteiger partial charge on any atom is -0.468 e. The molecule has 0 aliphatic heterocycles. The number of thiocarbonyl (C=S) groups is 1. The molecule has 0 unspecified atom stereocenters. The Kier molecular flexibility index (Phi) is 7.33. The number of benzene rings is 1. The van der Waals surface area contributed by atoms with Crippen molar-refractivity contribution in [1.29, 1.82) is 0 Å². The summed E-state index contributed by atoms with van der Waals surface area (Å²) in [5.74, 6) is 3.05. The lowest BCUT2D eigenvalue weighted by atomic mass is 10.1. The van der Waals surface area contributed by atoms with E-state index in [0.29, 0.717) is 5.11 Å². The number of hydrogen-bond acceptors (Lipinski definition) is 3. The van der Waals surface area contributed by atoms with E-state index in [1.165, 1.54) is 5.56 Å². The van der Waals surface area contributed by atoms with Crippen LogP contribution in [-0.4, -0.2) is 17.4 Å². The van der Waals surface area contributed by atoms with Crippen LogP contribution < -0.4 is 10.6 Å². The summed E-state index contributed by atoms with van der Waals surface area (Å²) in [5.41, 5.74) is 2.36. The van der Waals surface area contributed by atoms with Gasteiger partial charge in [-0.15, -0.1) is 0 Å². The van der Waals surface area contributed by atoms with Gasteiger partial charge in [-0.25, -0.2) is 0 Å². The van der Waals surface area contributed by atoms with Crippen LogP contribution in [0.4, 0.5) is 5.69 Å². The number of rotatable bonds is 8. The van der Waals surface area contributed by atoms with Gasteiger partial charge in [-0.1, -0.05) is 19.1 Å². The predicted molar refractivity (Wildman–Crippen MR) is 99.5 cm³/mol. The predicted octanol–water partition coefficient (Wildman–Crippen LogP) is 4.45. The third-order valence-corrected chi connectivity index (χ3v) is 4.51. The molecule has 1 heterocycles. The van der Waals surface area contributed by atoms with Crippen molar-refractivity contribution in [2.45, 2.75) is 25.5 Å². The summed E-state index contributed by atoms with van der Waals surface area (Å²) < 4.78 is 5.29. The van der Waals surface area contributed by atoms with Crippen molar-refractivity contribution in [2.24, 2.45) is 0 Å². The van der Waals surface area contributed by atoms with Gasteiger partial charge in [0.25, 0.3) is 0 Å². The van der Waals surface area contributed by atoms with Gasteiger partial charge in [-0.2, -0.15) is 11.8 Å². The molecule has 22 heavy (non-hydrogen) atoms. The van der Waals surface area contributed by atoms with Crippen molar-refractivity contribution in [3.63, 3.8) is 0 Å². The number of furan rings is 1. The zero-order chi connectivity index (χ0) is 15.6. The van der Waals surface area contributed by atoms with Gasteiger partial charge < -0.3 is 15.1 Å². The van der Waals surface area contributed by atoms with E-state index in [2.05, 4.69) is 41.8 Å². The zero-order valence-electron chi connectivity index (χ0n) is 12.8. The molecule has 0 amide bonds. The van der Waals surface area contributed by atoms with Gasteiger partial charge in [0.05, 0.1) is 12.0 Å². The maximum absolute atomic E-state index is 5.30. The van der Waals surface area contributed by atoms with E-state index in [4.69, 9.17) is 16.6 Å². The lowest BCUT2D eigenvalue weighted by Crippen LogP contribution is -2.29. The molecule has 118 valence electrons. The van der Waals surface area contributed by atoms with Gasteiger partial charge in [0.15, 0.2) is 5.11 Å². The van der Waals surface area contributed by atoms with Gasteiger partial charge >= 0.3 is 0 Å². The van der Waals surface area contributed by atoms with Crippen LogP contribution in [0.5, 0.6) is 0 Å². The Bertz CT molecular complexity index is 553. The maximum atomic E-state index is 5.30.